The lowest BCUT2D eigenvalue weighted by Crippen LogP contribution is -2.41. The molecule has 6 heteroatoms. The van der Waals surface area contributed by atoms with Gasteiger partial charge in [-0.1, -0.05) is 38.7 Å². The molecule has 0 saturated heterocycles. The molecule has 0 aromatic heterocycles. The highest BCUT2D eigenvalue weighted by Gasteiger charge is 2.21. The second kappa shape index (κ2) is 12.1. The van der Waals surface area contributed by atoms with E-state index in [1.807, 2.05) is 19.1 Å². The number of hydrogen-bond donors (Lipinski definition) is 1. The molecule has 2 rings (SSSR count). The van der Waals surface area contributed by atoms with Gasteiger partial charge in [-0.3, -0.25) is 4.79 Å². The van der Waals surface area contributed by atoms with Crippen LogP contribution in [0.5, 0.6) is 11.5 Å². The van der Waals surface area contributed by atoms with Crippen molar-refractivity contribution in [3.63, 3.8) is 0 Å². The van der Waals surface area contributed by atoms with E-state index in [-0.39, 0.29) is 11.9 Å². The Labute approximate surface area is 173 Å². The van der Waals surface area contributed by atoms with Crippen LogP contribution in [-0.4, -0.2) is 37.7 Å². The van der Waals surface area contributed by atoms with Gasteiger partial charge in [0.2, 0.25) is 0 Å². The quantitative estimate of drug-likeness (QED) is 0.379. The maximum absolute atomic E-state index is 12.3. The third kappa shape index (κ3) is 7.80. The first kappa shape index (κ1) is 22.8. The Morgan fingerprint density at radius 2 is 1.90 bits per heavy atom. The molecule has 1 aliphatic carbocycles. The molecule has 0 heterocycles. The number of amides is 1. The Hall–Kier alpha value is -2.50. The highest BCUT2D eigenvalue weighted by Crippen LogP contribution is 2.28. The number of rotatable bonds is 9. The number of carbonyl (C=O) groups is 2. The van der Waals surface area contributed by atoms with E-state index < -0.39 is 12.1 Å². The zero-order chi connectivity index (χ0) is 21.1. The summed E-state index contributed by atoms with van der Waals surface area (Å²) in [6.07, 6.45) is 9.72. The van der Waals surface area contributed by atoms with Gasteiger partial charge < -0.3 is 19.5 Å². The second-order valence-electron chi connectivity index (χ2n) is 7.37. The molecule has 1 N–H and O–H groups in total. The van der Waals surface area contributed by atoms with Gasteiger partial charge in [-0.25, -0.2) is 4.79 Å². The molecule has 1 aromatic carbocycles. The fraction of sp³-hybridized carbons (Fsp3) is 0.565. The van der Waals surface area contributed by atoms with E-state index in [2.05, 4.69) is 5.32 Å². The summed E-state index contributed by atoms with van der Waals surface area (Å²) in [5.74, 6) is 0.472. The van der Waals surface area contributed by atoms with Gasteiger partial charge >= 0.3 is 5.97 Å². The van der Waals surface area contributed by atoms with Gasteiger partial charge in [0, 0.05) is 12.1 Å². The molecule has 1 fully saturated rings. The Morgan fingerprint density at radius 1 is 1.17 bits per heavy atom. The third-order valence-corrected chi connectivity index (χ3v) is 4.92. The maximum atomic E-state index is 12.3. The molecule has 29 heavy (non-hydrogen) atoms. The zero-order valence-electron chi connectivity index (χ0n) is 17.7. The minimum absolute atomic E-state index is 0.183. The topological polar surface area (TPSA) is 73.9 Å². The number of benzene rings is 1. The summed E-state index contributed by atoms with van der Waals surface area (Å²) in [4.78, 5) is 24.4. The van der Waals surface area contributed by atoms with E-state index in [0.29, 0.717) is 18.1 Å². The number of nitrogens with one attached hydrogen (secondary N) is 1. The van der Waals surface area contributed by atoms with E-state index in [4.69, 9.17) is 14.2 Å². The van der Waals surface area contributed by atoms with Crippen LogP contribution in [0.4, 0.5) is 0 Å². The van der Waals surface area contributed by atoms with Crippen LogP contribution in [-0.2, 0) is 14.3 Å². The van der Waals surface area contributed by atoms with E-state index >= 15 is 0 Å². The molecule has 1 saturated carbocycles. The third-order valence-electron chi connectivity index (χ3n) is 4.92. The van der Waals surface area contributed by atoms with Crippen molar-refractivity contribution in [2.45, 2.75) is 70.9 Å². The highest BCUT2D eigenvalue weighted by atomic mass is 16.5. The number of carbonyl (C=O) groups excluding carboxylic acids is 2. The van der Waals surface area contributed by atoms with Crippen LogP contribution in [0, 0.1) is 0 Å². The van der Waals surface area contributed by atoms with Crippen molar-refractivity contribution in [3.05, 3.63) is 29.8 Å². The molecule has 0 radical (unpaired) electrons. The van der Waals surface area contributed by atoms with Crippen LogP contribution in [0.2, 0.25) is 0 Å². The molecule has 1 aromatic rings. The van der Waals surface area contributed by atoms with Crippen molar-refractivity contribution < 1.29 is 23.8 Å². The lowest BCUT2D eigenvalue weighted by Gasteiger charge is -2.19. The van der Waals surface area contributed by atoms with E-state index in [1.165, 1.54) is 18.9 Å². The van der Waals surface area contributed by atoms with Crippen molar-refractivity contribution in [2.24, 2.45) is 0 Å². The average molecular weight is 404 g/mol. The van der Waals surface area contributed by atoms with E-state index in [0.717, 1.165) is 37.7 Å². The minimum atomic E-state index is -0.824. The normalized spacial score (nSPS) is 16.1. The molecule has 0 unspecified atom stereocenters. The van der Waals surface area contributed by atoms with E-state index in [9.17, 15) is 9.59 Å². The molecular formula is C23H33NO5. The number of esters is 1. The first-order chi connectivity index (χ1) is 14.0. The Bertz CT molecular complexity index is 693. The SMILES string of the molecule is CCCOc1ccc(/C=C/C(=O)O[C@@H](C)C(=O)NC2CCCCCC2)cc1OC. The summed E-state index contributed by atoms with van der Waals surface area (Å²) in [5, 5.41) is 3.01. The summed E-state index contributed by atoms with van der Waals surface area (Å²) in [5.41, 5.74) is 0.776. The summed E-state index contributed by atoms with van der Waals surface area (Å²) in [6, 6.07) is 5.61. The molecule has 160 valence electrons. The molecule has 1 amide bonds. The van der Waals surface area contributed by atoms with Crippen molar-refractivity contribution in [1.29, 1.82) is 0 Å². The first-order valence-corrected chi connectivity index (χ1v) is 10.5. The highest BCUT2D eigenvalue weighted by molar-refractivity contribution is 5.90. The van der Waals surface area contributed by atoms with Gasteiger partial charge in [-0.15, -0.1) is 0 Å². The predicted octanol–water partition coefficient (Wildman–Crippen LogP) is 4.27. The Morgan fingerprint density at radius 3 is 2.55 bits per heavy atom. The van der Waals surface area contributed by atoms with Gasteiger partial charge in [-0.2, -0.15) is 0 Å². The van der Waals surface area contributed by atoms with Crippen LogP contribution < -0.4 is 14.8 Å². The maximum Gasteiger partial charge on any atom is 0.331 e. The smallest absolute Gasteiger partial charge is 0.331 e. The van der Waals surface area contributed by atoms with Crippen LogP contribution >= 0.6 is 0 Å². The summed E-state index contributed by atoms with van der Waals surface area (Å²) in [6.45, 7) is 4.24. The summed E-state index contributed by atoms with van der Waals surface area (Å²) in [7, 11) is 1.57. The molecule has 1 aliphatic rings. The monoisotopic (exact) mass is 403 g/mol. The number of hydrogen-bond acceptors (Lipinski definition) is 5. The van der Waals surface area contributed by atoms with Gasteiger partial charge in [0.05, 0.1) is 13.7 Å². The van der Waals surface area contributed by atoms with Gasteiger partial charge in [0.25, 0.3) is 5.91 Å². The minimum Gasteiger partial charge on any atom is -0.493 e. The predicted molar refractivity (Wildman–Crippen MR) is 113 cm³/mol. The van der Waals surface area contributed by atoms with Crippen molar-refractivity contribution >= 4 is 18.0 Å². The largest absolute Gasteiger partial charge is 0.493 e. The van der Waals surface area contributed by atoms with Crippen molar-refractivity contribution in [3.8, 4) is 11.5 Å². The molecule has 0 spiro atoms. The number of ether oxygens (including phenoxy) is 3. The summed E-state index contributed by atoms with van der Waals surface area (Å²) < 4.78 is 16.2. The first-order valence-electron chi connectivity index (χ1n) is 10.5. The Kier molecular flexibility index (Phi) is 9.54. The van der Waals surface area contributed by atoms with Crippen LogP contribution in [0.3, 0.4) is 0 Å². The zero-order valence-corrected chi connectivity index (χ0v) is 17.7. The Balaban J connectivity index is 1.86. The van der Waals surface area contributed by atoms with Crippen LogP contribution in [0.15, 0.2) is 24.3 Å². The number of methoxy groups -OCH3 is 1. The van der Waals surface area contributed by atoms with Crippen LogP contribution in [0.1, 0.15) is 64.4 Å². The molecule has 1 atom stereocenters. The fourth-order valence-corrected chi connectivity index (χ4v) is 3.29. The van der Waals surface area contributed by atoms with Crippen molar-refractivity contribution in [1.82, 2.24) is 5.32 Å². The molecule has 6 nitrogen and oxygen atoms in total. The van der Waals surface area contributed by atoms with Crippen LogP contribution in [0.25, 0.3) is 6.08 Å². The summed E-state index contributed by atoms with van der Waals surface area (Å²) >= 11 is 0. The second-order valence-corrected chi connectivity index (χ2v) is 7.37. The van der Waals surface area contributed by atoms with Crippen molar-refractivity contribution in [2.75, 3.05) is 13.7 Å². The van der Waals surface area contributed by atoms with Gasteiger partial charge in [0.1, 0.15) is 0 Å². The molecule has 0 bridgehead atoms. The average Bonchev–Trinajstić information content (AvgIpc) is 2.99. The lowest BCUT2D eigenvalue weighted by atomic mass is 10.1. The molecule has 0 aliphatic heterocycles. The van der Waals surface area contributed by atoms with Gasteiger partial charge in [-0.05, 0) is 50.0 Å². The fourth-order valence-electron chi connectivity index (χ4n) is 3.29. The standard InChI is InChI=1S/C23H33NO5/c1-4-15-28-20-13-11-18(16-21(20)27-3)12-14-22(25)29-17(2)23(26)24-19-9-7-5-6-8-10-19/h11-14,16-17,19H,4-10,15H2,1-3H3,(H,24,26)/b14-12+/t17-/m0/s1. The van der Waals surface area contributed by atoms with Gasteiger partial charge in [0.15, 0.2) is 17.6 Å². The van der Waals surface area contributed by atoms with E-state index in [1.54, 1.807) is 26.2 Å². The lowest BCUT2D eigenvalue weighted by molar-refractivity contribution is -0.150. The molecular weight excluding hydrogens is 370 g/mol.